The van der Waals surface area contributed by atoms with Crippen LogP contribution in [0.4, 0.5) is 0 Å². The van der Waals surface area contributed by atoms with Crippen LogP contribution < -0.4 is 0 Å². The molecule has 0 unspecified atom stereocenters. The Bertz CT molecular complexity index is 598. The van der Waals surface area contributed by atoms with E-state index in [0.717, 1.165) is 16.3 Å². The van der Waals surface area contributed by atoms with Gasteiger partial charge in [-0.3, -0.25) is 4.79 Å². The Labute approximate surface area is 98.1 Å². The van der Waals surface area contributed by atoms with Gasteiger partial charge in [-0.1, -0.05) is 24.3 Å². The highest BCUT2D eigenvalue weighted by Crippen LogP contribution is 2.19. The average molecular weight is 230 g/mol. The van der Waals surface area contributed by atoms with Crippen LogP contribution in [-0.2, 0) is 6.42 Å². The molecule has 0 spiro atoms. The van der Waals surface area contributed by atoms with Crippen molar-refractivity contribution in [3.05, 3.63) is 47.5 Å². The second-order valence-corrected chi connectivity index (χ2v) is 3.85. The molecule has 2 rings (SSSR count). The second kappa shape index (κ2) is 4.34. The Kier molecular flexibility index (Phi) is 2.89. The molecule has 0 aliphatic heterocycles. The highest BCUT2D eigenvalue weighted by molar-refractivity contribution is 6.67. The lowest BCUT2D eigenvalue weighted by Crippen LogP contribution is -1.88. The maximum atomic E-state index is 11.0. The molecule has 0 N–H and O–H groups in total. The van der Waals surface area contributed by atoms with Gasteiger partial charge in [0.15, 0.2) is 0 Å². The Morgan fingerprint density at radius 3 is 2.56 bits per heavy atom. The van der Waals surface area contributed by atoms with Crippen LogP contribution in [0.2, 0.25) is 0 Å². The molecule has 3 heteroatoms. The fourth-order valence-electron chi connectivity index (χ4n) is 1.62. The summed E-state index contributed by atoms with van der Waals surface area (Å²) in [6.07, 6.45) is 0.395. The highest BCUT2D eigenvalue weighted by Gasteiger charge is 2.03. The van der Waals surface area contributed by atoms with E-state index in [1.165, 1.54) is 0 Å². The number of nitrogens with zero attached hydrogens (tertiary/aromatic N) is 1. The zero-order chi connectivity index (χ0) is 11.5. The van der Waals surface area contributed by atoms with Crippen molar-refractivity contribution in [2.75, 3.05) is 0 Å². The summed E-state index contributed by atoms with van der Waals surface area (Å²) in [5.74, 6) is 0. The molecule has 0 heterocycles. The molecule has 0 bridgehead atoms. The van der Waals surface area contributed by atoms with E-state index in [0.29, 0.717) is 12.0 Å². The van der Waals surface area contributed by atoms with Gasteiger partial charge in [-0.15, -0.1) is 0 Å². The van der Waals surface area contributed by atoms with Crippen molar-refractivity contribution >= 4 is 27.6 Å². The summed E-state index contributed by atoms with van der Waals surface area (Å²) in [5, 5.41) is 10.1. The number of halogens is 1. The molecule has 0 aromatic heterocycles. The molecule has 0 atom stereocenters. The lowest BCUT2D eigenvalue weighted by molar-refractivity contribution is 0.108. The first kappa shape index (κ1) is 10.7. The molecule has 0 fully saturated rings. The van der Waals surface area contributed by atoms with Gasteiger partial charge in [-0.2, -0.15) is 5.26 Å². The monoisotopic (exact) mass is 229 g/mol. The van der Waals surface area contributed by atoms with Crippen LogP contribution >= 0.6 is 11.6 Å². The standard InChI is InChI=1S/C13H8ClNO/c14-13(16)12-4-3-10-7-9(5-6-15)1-2-11(10)8-12/h1-4,7-8H,5H2. The summed E-state index contributed by atoms with van der Waals surface area (Å²) in [6.45, 7) is 0. The van der Waals surface area contributed by atoms with Crippen molar-refractivity contribution in [2.45, 2.75) is 6.42 Å². The van der Waals surface area contributed by atoms with Gasteiger partial charge in [0.2, 0.25) is 0 Å². The molecule has 0 aliphatic rings. The number of hydrogen-bond acceptors (Lipinski definition) is 2. The number of nitriles is 1. The molecule has 0 aliphatic carbocycles. The molecular formula is C13H8ClNO. The van der Waals surface area contributed by atoms with E-state index < -0.39 is 5.24 Å². The summed E-state index contributed by atoms with van der Waals surface area (Å²) in [5.41, 5.74) is 1.46. The summed E-state index contributed by atoms with van der Waals surface area (Å²) in [6, 6.07) is 13.1. The minimum absolute atomic E-state index is 0.395. The Hall–Kier alpha value is -1.85. The summed E-state index contributed by atoms with van der Waals surface area (Å²) in [7, 11) is 0. The fourth-order valence-corrected chi connectivity index (χ4v) is 1.74. The molecule has 2 aromatic rings. The minimum Gasteiger partial charge on any atom is -0.276 e. The van der Waals surface area contributed by atoms with Gasteiger partial charge < -0.3 is 0 Å². The normalized spacial score (nSPS) is 10.0. The van der Waals surface area contributed by atoms with Crippen LogP contribution in [0.5, 0.6) is 0 Å². The van der Waals surface area contributed by atoms with E-state index >= 15 is 0 Å². The van der Waals surface area contributed by atoms with Crippen molar-refractivity contribution in [1.29, 1.82) is 5.26 Å². The van der Waals surface area contributed by atoms with Gasteiger partial charge >= 0.3 is 0 Å². The van der Waals surface area contributed by atoms with Gasteiger partial charge in [0.1, 0.15) is 0 Å². The number of carbonyl (C=O) groups is 1. The molecule has 16 heavy (non-hydrogen) atoms. The number of hydrogen-bond donors (Lipinski definition) is 0. The molecule has 0 amide bonds. The first-order chi connectivity index (χ1) is 7.70. The van der Waals surface area contributed by atoms with Crippen LogP contribution in [-0.4, -0.2) is 5.24 Å². The zero-order valence-electron chi connectivity index (χ0n) is 8.40. The van der Waals surface area contributed by atoms with Gasteiger partial charge in [-0.05, 0) is 40.1 Å². The first-order valence-electron chi connectivity index (χ1n) is 4.80. The Morgan fingerprint density at radius 2 is 1.88 bits per heavy atom. The summed E-state index contributed by atoms with van der Waals surface area (Å²) in [4.78, 5) is 11.0. The number of benzene rings is 2. The predicted molar refractivity (Wildman–Crippen MR) is 63.4 cm³/mol. The lowest BCUT2D eigenvalue weighted by atomic mass is 10.0. The Balaban J connectivity index is 2.53. The molecule has 2 aromatic carbocycles. The third-order valence-corrected chi connectivity index (χ3v) is 2.63. The average Bonchev–Trinajstić information content (AvgIpc) is 2.28. The SMILES string of the molecule is N#CCc1ccc2cc(C(=O)Cl)ccc2c1. The molecule has 2 nitrogen and oxygen atoms in total. The largest absolute Gasteiger partial charge is 0.276 e. The topological polar surface area (TPSA) is 40.9 Å². The van der Waals surface area contributed by atoms with E-state index in [9.17, 15) is 4.79 Å². The predicted octanol–water partition coefficient (Wildman–Crippen LogP) is 3.28. The summed E-state index contributed by atoms with van der Waals surface area (Å²) < 4.78 is 0. The maximum Gasteiger partial charge on any atom is 0.252 e. The van der Waals surface area contributed by atoms with Crippen molar-refractivity contribution in [3.63, 3.8) is 0 Å². The fraction of sp³-hybridized carbons (Fsp3) is 0.0769. The molecule has 0 saturated carbocycles. The van der Waals surface area contributed by atoms with E-state index in [-0.39, 0.29) is 0 Å². The van der Waals surface area contributed by atoms with E-state index in [1.807, 2.05) is 24.3 Å². The van der Waals surface area contributed by atoms with Crippen molar-refractivity contribution in [2.24, 2.45) is 0 Å². The zero-order valence-corrected chi connectivity index (χ0v) is 9.16. The van der Waals surface area contributed by atoms with Crippen LogP contribution in [0.25, 0.3) is 10.8 Å². The van der Waals surface area contributed by atoms with Crippen LogP contribution in [0.3, 0.4) is 0 Å². The van der Waals surface area contributed by atoms with E-state index in [1.54, 1.807) is 12.1 Å². The smallest absolute Gasteiger partial charge is 0.252 e. The van der Waals surface area contributed by atoms with Crippen LogP contribution in [0.15, 0.2) is 36.4 Å². The molecule has 78 valence electrons. The second-order valence-electron chi connectivity index (χ2n) is 3.50. The molecule has 0 saturated heterocycles. The molecular weight excluding hydrogens is 222 g/mol. The van der Waals surface area contributed by atoms with Gasteiger partial charge in [0.05, 0.1) is 12.5 Å². The highest BCUT2D eigenvalue weighted by atomic mass is 35.5. The van der Waals surface area contributed by atoms with Crippen molar-refractivity contribution in [3.8, 4) is 6.07 Å². The van der Waals surface area contributed by atoms with Crippen molar-refractivity contribution in [1.82, 2.24) is 0 Å². The molecule has 0 radical (unpaired) electrons. The number of carbonyl (C=O) groups excluding carboxylic acids is 1. The van der Waals surface area contributed by atoms with Gasteiger partial charge in [-0.25, -0.2) is 0 Å². The van der Waals surface area contributed by atoms with E-state index in [4.69, 9.17) is 16.9 Å². The third-order valence-electron chi connectivity index (χ3n) is 2.41. The Morgan fingerprint density at radius 1 is 1.19 bits per heavy atom. The van der Waals surface area contributed by atoms with Crippen LogP contribution in [0.1, 0.15) is 15.9 Å². The summed E-state index contributed by atoms with van der Waals surface area (Å²) >= 11 is 5.40. The first-order valence-corrected chi connectivity index (χ1v) is 5.18. The van der Waals surface area contributed by atoms with Crippen molar-refractivity contribution < 1.29 is 4.79 Å². The number of fused-ring (bicyclic) bond motifs is 1. The quantitative estimate of drug-likeness (QED) is 0.742. The minimum atomic E-state index is -0.456. The lowest BCUT2D eigenvalue weighted by Gasteiger charge is -2.01. The van der Waals surface area contributed by atoms with Gasteiger partial charge in [0.25, 0.3) is 5.24 Å². The van der Waals surface area contributed by atoms with Crippen LogP contribution in [0, 0.1) is 11.3 Å². The van der Waals surface area contributed by atoms with Gasteiger partial charge in [0, 0.05) is 5.56 Å². The maximum absolute atomic E-state index is 11.0. The number of rotatable bonds is 2. The third kappa shape index (κ3) is 2.05. The van der Waals surface area contributed by atoms with E-state index in [2.05, 4.69) is 6.07 Å².